The average molecular weight is 300 g/mol. The van der Waals surface area contributed by atoms with E-state index >= 15 is 0 Å². The molecule has 0 spiro atoms. The zero-order chi connectivity index (χ0) is 15.8. The number of hydrogen-bond donors (Lipinski definition) is 0. The van der Waals surface area contributed by atoms with Crippen molar-refractivity contribution in [3.63, 3.8) is 0 Å². The van der Waals surface area contributed by atoms with Gasteiger partial charge in [0.2, 0.25) is 0 Å². The number of hydrogen-bond acceptors (Lipinski definition) is 3. The highest BCUT2D eigenvalue weighted by molar-refractivity contribution is 5.71. The molecule has 0 aliphatic carbocycles. The summed E-state index contributed by atoms with van der Waals surface area (Å²) in [5, 5.41) is 0. The Labute approximate surface area is 131 Å². The minimum absolute atomic E-state index is 0.0176. The number of carbonyl (C=O) groups excluding carboxylic acids is 1. The first-order chi connectivity index (χ1) is 10.3. The van der Waals surface area contributed by atoms with Crippen molar-refractivity contribution >= 4 is 5.97 Å². The quantitative estimate of drug-likeness (QED) is 0.217. The van der Waals surface area contributed by atoms with Crippen LogP contribution in [0.4, 0.5) is 0 Å². The molecule has 126 valence electrons. The summed E-state index contributed by atoms with van der Waals surface area (Å²) >= 11 is 0. The fourth-order valence-electron chi connectivity index (χ4n) is 2.76. The van der Waals surface area contributed by atoms with Crippen LogP contribution in [-0.4, -0.2) is 13.1 Å². The summed E-state index contributed by atoms with van der Waals surface area (Å²) in [5.74, 6) is -0.181. The molecule has 0 aromatic heterocycles. The molecule has 0 fully saturated rings. The predicted octanol–water partition coefficient (Wildman–Crippen LogP) is 5.82. The van der Waals surface area contributed by atoms with E-state index in [0.717, 1.165) is 25.7 Å². The van der Waals surface area contributed by atoms with Gasteiger partial charge in [0.15, 0.2) is 0 Å². The Balaban J connectivity index is 3.47. The molecule has 0 N–H and O–H groups in total. The smallest absolute Gasteiger partial charge is 0.298 e. The second kappa shape index (κ2) is 15.8. The number of unbranched alkanes of at least 4 members (excludes halogenated alkanes) is 9. The highest BCUT2D eigenvalue weighted by Gasteiger charge is 2.19. The van der Waals surface area contributed by atoms with Crippen molar-refractivity contribution in [3.05, 3.63) is 0 Å². The summed E-state index contributed by atoms with van der Waals surface area (Å²) in [5.41, 5.74) is 0. The Morgan fingerprint density at radius 3 is 1.76 bits per heavy atom. The topological polar surface area (TPSA) is 35.5 Å². The molecule has 21 heavy (non-hydrogen) atoms. The standard InChI is InChI=1S/C18H36O3/c1-4-6-7-8-9-10-11-12-13-14-16-17(15-5-2)18(19)21-20-3/h17H,4-16H2,1-3H3. The molecule has 0 aliphatic heterocycles. The zero-order valence-electron chi connectivity index (χ0n) is 14.5. The van der Waals surface area contributed by atoms with Crippen molar-refractivity contribution < 1.29 is 14.6 Å². The second-order valence-electron chi connectivity index (χ2n) is 6.03. The van der Waals surface area contributed by atoms with Gasteiger partial charge in [-0.1, -0.05) is 84.5 Å². The monoisotopic (exact) mass is 300 g/mol. The molecule has 0 rings (SSSR count). The fourth-order valence-corrected chi connectivity index (χ4v) is 2.76. The van der Waals surface area contributed by atoms with E-state index in [0.29, 0.717) is 0 Å². The molecule has 0 saturated heterocycles. The molecule has 1 unspecified atom stereocenters. The Morgan fingerprint density at radius 2 is 1.29 bits per heavy atom. The van der Waals surface area contributed by atoms with Crippen LogP contribution in [0.5, 0.6) is 0 Å². The first kappa shape index (κ1) is 20.4. The van der Waals surface area contributed by atoms with Gasteiger partial charge in [0.05, 0.1) is 13.0 Å². The summed E-state index contributed by atoms with van der Waals surface area (Å²) in [6, 6.07) is 0. The van der Waals surface area contributed by atoms with E-state index in [2.05, 4.69) is 23.6 Å². The summed E-state index contributed by atoms with van der Waals surface area (Å²) in [7, 11) is 1.39. The zero-order valence-corrected chi connectivity index (χ0v) is 14.5. The van der Waals surface area contributed by atoms with Crippen LogP contribution >= 0.6 is 0 Å². The maximum absolute atomic E-state index is 11.7. The Kier molecular flexibility index (Phi) is 15.4. The third-order valence-corrected chi connectivity index (χ3v) is 4.04. The van der Waals surface area contributed by atoms with E-state index in [1.807, 2.05) is 0 Å². The van der Waals surface area contributed by atoms with E-state index in [9.17, 15) is 4.79 Å². The SMILES string of the molecule is CCCCCCCCCCCCC(CCC)C(=O)OOC. The van der Waals surface area contributed by atoms with Crippen molar-refractivity contribution in [2.45, 2.75) is 97.3 Å². The molecule has 0 aliphatic rings. The average Bonchev–Trinajstić information content (AvgIpc) is 2.48. The molecule has 0 aromatic rings. The van der Waals surface area contributed by atoms with Gasteiger partial charge in [0.25, 0.3) is 0 Å². The predicted molar refractivity (Wildman–Crippen MR) is 88.0 cm³/mol. The van der Waals surface area contributed by atoms with Crippen molar-refractivity contribution in [2.24, 2.45) is 5.92 Å². The number of carbonyl (C=O) groups is 1. The molecular weight excluding hydrogens is 264 g/mol. The second-order valence-corrected chi connectivity index (χ2v) is 6.03. The van der Waals surface area contributed by atoms with Crippen LogP contribution in [0, 0.1) is 5.92 Å². The molecule has 1 atom stereocenters. The van der Waals surface area contributed by atoms with E-state index < -0.39 is 0 Å². The van der Waals surface area contributed by atoms with Crippen molar-refractivity contribution in [1.29, 1.82) is 0 Å². The maximum atomic E-state index is 11.7. The minimum atomic E-state index is -0.199. The lowest BCUT2D eigenvalue weighted by atomic mass is 9.96. The van der Waals surface area contributed by atoms with E-state index in [-0.39, 0.29) is 11.9 Å². The van der Waals surface area contributed by atoms with Gasteiger partial charge in [0, 0.05) is 0 Å². The highest BCUT2D eigenvalue weighted by atomic mass is 17.2. The van der Waals surface area contributed by atoms with Crippen molar-refractivity contribution in [1.82, 2.24) is 0 Å². The molecule has 0 amide bonds. The van der Waals surface area contributed by atoms with Crippen molar-refractivity contribution in [2.75, 3.05) is 7.11 Å². The first-order valence-electron chi connectivity index (χ1n) is 9.00. The molecule has 3 nitrogen and oxygen atoms in total. The third kappa shape index (κ3) is 12.9. The molecule has 0 saturated carbocycles. The summed E-state index contributed by atoms with van der Waals surface area (Å²) in [6.07, 6.45) is 16.1. The lowest BCUT2D eigenvalue weighted by molar-refractivity contribution is -0.259. The molecule has 3 heteroatoms. The van der Waals surface area contributed by atoms with Gasteiger partial charge >= 0.3 is 5.97 Å². The van der Waals surface area contributed by atoms with Crippen LogP contribution in [0.15, 0.2) is 0 Å². The van der Waals surface area contributed by atoms with Crippen LogP contribution < -0.4 is 0 Å². The van der Waals surface area contributed by atoms with Gasteiger partial charge in [0.1, 0.15) is 0 Å². The van der Waals surface area contributed by atoms with Crippen LogP contribution in [0.25, 0.3) is 0 Å². The molecular formula is C18H36O3. The van der Waals surface area contributed by atoms with Crippen molar-refractivity contribution in [3.8, 4) is 0 Å². The highest BCUT2D eigenvalue weighted by Crippen LogP contribution is 2.18. The first-order valence-corrected chi connectivity index (χ1v) is 9.00. The largest absolute Gasteiger partial charge is 0.345 e. The Hall–Kier alpha value is -0.570. The van der Waals surface area contributed by atoms with Gasteiger partial charge in [-0.2, -0.15) is 4.89 Å². The number of rotatable bonds is 15. The van der Waals surface area contributed by atoms with Gasteiger partial charge in [-0.05, 0) is 12.8 Å². The third-order valence-electron chi connectivity index (χ3n) is 4.04. The Bertz CT molecular complexity index is 229. The molecule has 0 radical (unpaired) electrons. The summed E-state index contributed by atoms with van der Waals surface area (Å²) in [6.45, 7) is 4.36. The van der Waals surface area contributed by atoms with Gasteiger partial charge < -0.3 is 0 Å². The van der Waals surface area contributed by atoms with Gasteiger partial charge in [-0.25, -0.2) is 4.79 Å². The van der Waals surface area contributed by atoms with Crippen LogP contribution in [-0.2, 0) is 14.6 Å². The lowest BCUT2D eigenvalue weighted by Crippen LogP contribution is -2.17. The summed E-state index contributed by atoms with van der Waals surface area (Å²) in [4.78, 5) is 20.8. The fraction of sp³-hybridized carbons (Fsp3) is 0.944. The molecule has 0 aromatic carbocycles. The molecule has 0 bridgehead atoms. The van der Waals surface area contributed by atoms with E-state index in [1.165, 1.54) is 64.9 Å². The van der Waals surface area contributed by atoms with Crippen LogP contribution in [0.1, 0.15) is 97.3 Å². The van der Waals surface area contributed by atoms with Gasteiger partial charge in [-0.15, -0.1) is 0 Å². The lowest BCUT2D eigenvalue weighted by Gasteiger charge is -2.13. The summed E-state index contributed by atoms with van der Waals surface area (Å²) < 4.78 is 0. The van der Waals surface area contributed by atoms with E-state index in [1.54, 1.807) is 0 Å². The maximum Gasteiger partial charge on any atom is 0.345 e. The molecule has 0 heterocycles. The normalized spacial score (nSPS) is 12.3. The minimum Gasteiger partial charge on any atom is -0.298 e. The van der Waals surface area contributed by atoms with Crippen LogP contribution in [0.2, 0.25) is 0 Å². The van der Waals surface area contributed by atoms with E-state index in [4.69, 9.17) is 0 Å². The van der Waals surface area contributed by atoms with Crippen LogP contribution in [0.3, 0.4) is 0 Å². The Morgan fingerprint density at radius 1 is 0.762 bits per heavy atom. The van der Waals surface area contributed by atoms with Gasteiger partial charge in [-0.3, -0.25) is 4.89 Å².